The lowest BCUT2D eigenvalue weighted by atomic mass is 9.99. The van der Waals surface area contributed by atoms with E-state index in [1.807, 2.05) is 49.1 Å². The van der Waals surface area contributed by atoms with Gasteiger partial charge in [-0.15, -0.1) is 0 Å². The number of hydrogen-bond acceptors (Lipinski definition) is 2. The zero-order chi connectivity index (χ0) is 17.3. The predicted octanol–water partition coefficient (Wildman–Crippen LogP) is 3.07. The summed E-state index contributed by atoms with van der Waals surface area (Å²) >= 11 is 0. The third-order valence-electron chi connectivity index (χ3n) is 4.52. The van der Waals surface area contributed by atoms with Crippen molar-refractivity contribution in [2.45, 2.75) is 33.2 Å². The summed E-state index contributed by atoms with van der Waals surface area (Å²) in [5.74, 6) is -0.237. The van der Waals surface area contributed by atoms with Crippen LogP contribution in [0.1, 0.15) is 35.2 Å². The van der Waals surface area contributed by atoms with Crippen LogP contribution in [0.2, 0.25) is 0 Å². The zero-order valence-electron chi connectivity index (χ0n) is 14.3. The summed E-state index contributed by atoms with van der Waals surface area (Å²) in [6.07, 6.45) is 0.784. The normalized spacial score (nSPS) is 16.2. The predicted molar refractivity (Wildman–Crippen MR) is 95.0 cm³/mol. The third-order valence-corrected chi connectivity index (χ3v) is 4.52. The number of fused-ring (bicyclic) bond motifs is 1. The Morgan fingerprint density at radius 1 is 1.08 bits per heavy atom. The molecule has 0 aromatic heterocycles. The van der Waals surface area contributed by atoms with E-state index in [0.29, 0.717) is 6.54 Å². The van der Waals surface area contributed by atoms with Crippen LogP contribution in [-0.2, 0) is 16.0 Å². The number of aryl methyl sites for hydroxylation is 2. The average molecular weight is 322 g/mol. The summed E-state index contributed by atoms with van der Waals surface area (Å²) in [7, 11) is 0. The van der Waals surface area contributed by atoms with Gasteiger partial charge in [-0.1, -0.05) is 42.5 Å². The molecule has 1 atom stereocenters. The molecule has 3 rings (SSSR count). The van der Waals surface area contributed by atoms with Crippen molar-refractivity contribution in [2.24, 2.45) is 0 Å². The molecule has 124 valence electrons. The van der Waals surface area contributed by atoms with E-state index in [0.717, 1.165) is 28.8 Å². The van der Waals surface area contributed by atoms with Crippen LogP contribution < -0.4 is 10.2 Å². The van der Waals surface area contributed by atoms with Crippen molar-refractivity contribution >= 4 is 17.5 Å². The van der Waals surface area contributed by atoms with E-state index in [2.05, 4.69) is 17.4 Å². The fourth-order valence-electron chi connectivity index (χ4n) is 3.37. The molecule has 2 amide bonds. The standard InChI is InChI=1S/C20H22N2O2/c1-13-9-10-14(2)19-17(13)18(21-15(3)23)20(24)22(19)12-11-16-7-5-4-6-8-16/h4-10,18H,11-12H2,1-3H3,(H,21,23). The largest absolute Gasteiger partial charge is 0.341 e. The molecule has 2 aromatic rings. The Morgan fingerprint density at radius 3 is 2.42 bits per heavy atom. The maximum atomic E-state index is 12.9. The van der Waals surface area contributed by atoms with Crippen LogP contribution in [0, 0.1) is 13.8 Å². The molecule has 0 bridgehead atoms. The van der Waals surface area contributed by atoms with Gasteiger partial charge in [0.15, 0.2) is 0 Å². The Hall–Kier alpha value is -2.62. The van der Waals surface area contributed by atoms with Crippen molar-refractivity contribution < 1.29 is 9.59 Å². The lowest BCUT2D eigenvalue weighted by Gasteiger charge is -2.20. The van der Waals surface area contributed by atoms with Crippen LogP contribution in [0.25, 0.3) is 0 Å². The number of anilines is 1. The van der Waals surface area contributed by atoms with E-state index in [1.165, 1.54) is 12.5 Å². The summed E-state index contributed by atoms with van der Waals surface area (Å²) in [5, 5.41) is 2.81. The smallest absolute Gasteiger partial charge is 0.254 e. The van der Waals surface area contributed by atoms with Crippen molar-refractivity contribution in [1.82, 2.24) is 5.32 Å². The number of hydrogen-bond donors (Lipinski definition) is 1. The molecule has 1 N–H and O–H groups in total. The Balaban J connectivity index is 1.94. The minimum Gasteiger partial charge on any atom is -0.341 e. The summed E-state index contributed by atoms with van der Waals surface area (Å²) < 4.78 is 0. The van der Waals surface area contributed by atoms with Crippen molar-refractivity contribution in [3.05, 3.63) is 64.7 Å². The van der Waals surface area contributed by atoms with E-state index < -0.39 is 6.04 Å². The van der Waals surface area contributed by atoms with Gasteiger partial charge < -0.3 is 10.2 Å². The molecule has 1 aliphatic rings. The second-order valence-electron chi connectivity index (χ2n) is 6.32. The molecule has 0 saturated carbocycles. The molecule has 24 heavy (non-hydrogen) atoms. The molecule has 1 unspecified atom stereocenters. The average Bonchev–Trinajstić information content (AvgIpc) is 2.83. The highest BCUT2D eigenvalue weighted by Gasteiger charge is 2.39. The monoisotopic (exact) mass is 322 g/mol. The highest BCUT2D eigenvalue weighted by Crippen LogP contribution is 2.40. The first-order valence-corrected chi connectivity index (χ1v) is 8.21. The molecular formula is C20H22N2O2. The van der Waals surface area contributed by atoms with E-state index in [-0.39, 0.29) is 11.8 Å². The van der Waals surface area contributed by atoms with Crippen LogP contribution in [-0.4, -0.2) is 18.4 Å². The minimum absolute atomic E-state index is 0.0477. The first-order valence-electron chi connectivity index (χ1n) is 8.21. The van der Waals surface area contributed by atoms with E-state index in [9.17, 15) is 9.59 Å². The Labute approximate surface area is 142 Å². The van der Waals surface area contributed by atoms with E-state index in [1.54, 1.807) is 0 Å². The van der Waals surface area contributed by atoms with Gasteiger partial charge in [0.25, 0.3) is 5.91 Å². The second-order valence-corrected chi connectivity index (χ2v) is 6.32. The Morgan fingerprint density at radius 2 is 1.75 bits per heavy atom. The first-order chi connectivity index (χ1) is 11.5. The molecule has 2 aromatic carbocycles. The quantitative estimate of drug-likeness (QED) is 0.940. The molecule has 1 heterocycles. The van der Waals surface area contributed by atoms with Gasteiger partial charge in [-0.05, 0) is 37.0 Å². The molecule has 0 saturated heterocycles. The number of nitrogens with zero attached hydrogens (tertiary/aromatic N) is 1. The fourth-order valence-corrected chi connectivity index (χ4v) is 3.37. The van der Waals surface area contributed by atoms with Crippen molar-refractivity contribution in [2.75, 3.05) is 11.4 Å². The highest BCUT2D eigenvalue weighted by molar-refractivity contribution is 6.07. The van der Waals surface area contributed by atoms with Gasteiger partial charge in [0.1, 0.15) is 6.04 Å². The van der Waals surface area contributed by atoms with Gasteiger partial charge in [0, 0.05) is 19.0 Å². The third kappa shape index (κ3) is 2.92. The van der Waals surface area contributed by atoms with Gasteiger partial charge in [-0.2, -0.15) is 0 Å². The highest BCUT2D eigenvalue weighted by atomic mass is 16.2. The summed E-state index contributed by atoms with van der Waals surface area (Å²) in [6, 6.07) is 13.6. The lowest BCUT2D eigenvalue weighted by molar-refractivity contribution is -0.126. The second kappa shape index (κ2) is 6.48. The summed E-state index contributed by atoms with van der Waals surface area (Å²) in [4.78, 5) is 26.3. The number of benzene rings is 2. The zero-order valence-corrected chi connectivity index (χ0v) is 14.3. The van der Waals surface area contributed by atoms with Gasteiger partial charge in [-0.25, -0.2) is 0 Å². The van der Waals surface area contributed by atoms with Gasteiger partial charge >= 0.3 is 0 Å². The summed E-state index contributed by atoms with van der Waals surface area (Å²) in [5.41, 5.74) is 5.17. The minimum atomic E-state index is -0.576. The number of amides is 2. The first kappa shape index (κ1) is 16.2. The number of carbonyl (C=O) groups excluding carboxylic acids is 2. The maximum absolute atomic E-state index is 12.9. The molecule has 0 fully saturated rings. The van der Waals surface area contributed by atoms with Crippen LogP contribution in [0.3, 0.4) is 0 Å². The van der Waals surface area contributed by atoms with Crippen molar-refractivity contribution in [3.63, 3.8) is 0 Å². The topological polar surface area (TPSA) is 49.4 Å². The van der Waals surface area contributed by atoms with Crippen LogP contribution >= 0.6 is 0 Å². The van der Waals surface area contributed by atoms with Gasteiger partial charge in [-0.3, -0.25) is 9.59 Å². The number of nitrogens with one attached hydrogen (secondary N) is 1. The fraction of sp³-hybridized carbons (Fsp3) is 0.300. The van der Waals surface area contributed by atoms with E-state index in [4.69, 9.17) is 0 Å². The number of rotatable bonds is 4. The SMILES string of the molecule is CC(=O)NC1C(=O)N(CCc2ccccc2)c2c(C)ccc(C)c21. The van der Waals surface area contributed by atoms with Crippen LogP contribution in [0.15, 0.2) is 42.5 Å². The van der Waals surface area contributed by atoms with Crippen LogP contribution in [0.5, 0.6) is 0 Å². The molecular weight excluding hydrogens is 300 g/mol. The lowest BCUT2D eigenvalue weighted by Crippen LogP contribution is -2.37. The Kier molecular flexibility index (Phi) is 4.38. The molecule has 0 aliphatic carbocycles. The summed E-state index contributed by atoms with van der Waals surface area (Å²) in [6.45, 7) is 6.05. The molecule has 1 aliphatic heterocycles. The number of carbonyl (C=O) groups is 2. The molecule has 4 nitrogen and oxygen atoms in total. The van der Waals surface area contributed by atoms with Gasteiger partial charge in [0.2, 0.25) is 5.91 Å². The van der Waals surface area contributed by atoms with Crippen molar-refractivity contribution in [3.8, 4) is 0 Å². The van der Waals surface area contributed by atoms with Crippen molar-refractivity contribution in [1.29, 1.82) is 0 Å². The maximum Gasteiger partial charge on any atom is 0.254 e. The van der Waals surface area contributed by atoms with E-state index >= 15 is 0 Å². The molecule has 0 radical (unpaired) electrons. The molecule has 4 heteroatoms. The van der Waals surface area contributed by atoms with Gasteiger partial charge in [0.05, 0.1) is 5.69 Å². The van der Waals surface area contributed by atoms with Crippen LogP contribution in [0.4, 0.5) is 5.69 Å². The Bertz CT molecular complexity index is 784. The molecule has 0 spiro atoms.